The van der Waals surface area contributed by atoms with Crippen LogP contribution in [0.4, 0.5) is 0 Å². The average Bonchev–Trinajstić information content (AvgIpc) is 3.01. The summed E-state index contributed by atoms with van der Waals surface area (Å²) in [4.78, 5) is 14.0. The van der Waals surface area contributed by atoms with Gasteiger partial charge in [0.1, 0.15) is 0 Å². The summed E-state index contributed by atoms with van der Waals surface area (Å²) >= 11 is 3.30. The number of carbonyl (C=O) groups is 1. The molecule has 1 aromatic carbocycles. The van der Waals surface area contributed by atoms with Gasteiger partial charge in [-0.15, -0.1) is 11.3 Å². The zero-order valence-electron chi connectivity index (χ0n) is 13.5. The van der Waals surface area contributed by atoms with Crippen molar-refractivity contribution >= 4 is 29.0 Å². The van der Waals surface area contributed by atoms with Crippen molar-refractivity contribution in [3.63, 3.8) is 0 Å². The first-order valence-corrected chi connectivity index (χ1v) is 9.87. The van der Waals surface area contributed by atoms with Crippen LogP contribution in [0.1, 0.15) is 29.7 Å². The Bertz CT molecular complexity index is 622. The molecule has 1 amide bonds. The van der Waals surface area contributed by atoms with E-state index in [0.717, 1.165) is 25.7 Å². The fraction of sp³-hybridized carbons (Fsp3) is 0.389. The largest absolute Gasteiger partial charge is 0.289 e. The second kappa shape index (κ2) is 9.11. The highest BCUT2D eigenvalue weighted by atomic mass is 32.2. The number of amides is 1. The average molecular weight is 350 g/mol. The summed E-state index contributed by atoms with van der Waals surface area (Å²) < 4.78 is 0. The molecule has 1 atom stereocenters. The molecule has 2 rings (SSSR count). The van der Waals surface area contributed by atoms with E-state index in [1.54, 1.807) is 5.48 Å². The minimum absolute atomic E-state index is 0.163. The lowest BCUT2D eigenvalue weighted by atomic mass is 10.0. The summed E-state index contributed by atoms with van der Waals surface area (Å²) in [5, 5.41) is 8.52. The van der Waals surface area contributed by atoms with Crippen molar-refractivity contribution in [1.29, 1.82) is 0 Å². The van der Waals surface area contributed by atoms with E-state index < -0.39 is 0 Å². The molecule has 0 aliphatic carbocycles. The Labute approximate surface area is 146 Å². The maximum absolute atomic E-state index is 11.4. The van der Waals surface area contributed by atoms with Crippen LogP contribution in [0, 0.1) is 6.92 Å². The van der Waals surface area contributed by atoms with Gasteiger partial charge in [0.05, 0.1) is 5.25 Å². The summed E-state index contributed by atoms with van der Waals surface area (Å²) in [5.41, 5.74) is 4.34. The lowest BCUT2D eigenvalue weighted by Crippen LogP contribution is -2.29. The van der Waals surface area contributed by atoms with E-state index in [2.05, 4.69) is 43.3 Å². The Balaban J connectivity index is 1.79. The van der Waals surface area contributed by atoms with Crippen LogP contribution < -0.4 is 5.48 Å². The van der Waals surface area contributed by atoms with Crippen molar-refractivity contribution in [3.8, 4) is 10.4 Å². The number of thiophene rings is 1. The Kier molecular flexibility index (Phi) is 7.15. The van der Waals surface area contributed by atoms with Crippen molar-refractivity contribution in [3.05, 3.63) is 46.8 Å². The summed E-state index contributed by atoms with van der Waals surface area (Å²) in [6, 6.07) is 13.1. The summed E-state index contributed by atoms with van der Waals surface area (Å²) in [7, 11) is 0. The predicted octanol–water partition coefficient (Wildman–Crippen LogP) is 4.67. The van der Waals surface area contributed by atoms with Crippen molar-refractivity contribution in [1.82, 2.24) is 5.48 Å². The highest BCUT2D eigenvalue weighted by Crippen LogP contribution is 2.28. The molecular weight excluding hydrogens is 326 g/mol. The van der Waals surface area contributed by atoms with Gasteiger partial charge in [0.25, 0.3) is 5.91 Å². The van der Waals surface area contributed by atoms with Gasteiger partial charge >= 0.3 is 0 Å². The first-order valence-electron chi connectivity index (χ1n) is 7.76. The first-order chi connectivity index (χ1) is 11.1. The third kappa shape index (κ3) is 5.37. The molecule has 0 aliphatic rings. The number of hydroxylamine groups is 1. The summed E-state index contributed by atoms with van der Waals surface area (Å²) in [5.74, 6) is -0.298. The van der Waals surface area contributed by atoms with E-state index in [1.807, 2.05) is 17.6 Å². The van der Waals surface area contributed by atoms with Crippen LogP contribution in [0.5, 0.6) is 0 Å². The van der Waals surface area contributed by atoms with Gasteiger partial charge in [0.2, 0.25) is 0 Å². The number of hydrogen-bond acceptors (Lipinski definition) is 4. The molecule has 0 aliphatic heterocycles. The first kappa shape index (κ1) is 18.0. The SMILES string of the molecule is CSC(CCCCc1ccc(-c2ccc(C)s2)cc1)C(=O)NO. The molecule has 3 nitrogen and oxygen atoms in total. The van der Waals surface area contributed by atoms with Crippen LogP contribution >= 0.6 is 23.1 Å². The van der Waals surface area contributed by atoms with Gasteiger partial charge in [-0.05, 0) is 55.7 Å². The lowest BCUT2D eigenvalue weighted by Gasteiger charge is -2.11. The molecule has 0 fully saturated rings. The van der Waals surface area contributed by atoms with Crippen LogP contribution in [0.15, 0.2) is 36.4 Å². The molecule has 1 heterocycles. The highest BCUT2D eigenvalue weighted by molar-refractivity contribution is 7.99. The Morgan fingerprint density at radius 1 is 1.22 bits per heavy atom. The zero-order valence-corrected chi connectivity index (χ0v) is 15.2. The lowest BCUT2D eigenvalue weighted by molar-refractivity contribution is -0.128. The topological polar surface area (TPSA) is 49.3 Å². The van der Waals surface area contributed by atoms with Crippen LogP contribution in [-0.4, -0.2) is 22.6 Å². The summed E-state index contributed by atoms with van der Waals surface area (Å²) in [6.07, 6.45) is 5.73. The Morgan fingerprint density at radius 2 is 1.96 bits per heavy atom. The molecule has 0 radical (unpaired) electrons. The molecule has 2 aromatic rings. The standard InChI is InChI=1S/C18H23NO2S2/c1-13-7-12-16(23-13)15-10-8-14(9-11-15)5-3-4-6-17(22-2)18(20)19-21/h7-12,17,21H,3-6H2,1-2H3,(H,19,20). The van der Waals surface area contributed by atoms with E-state index >= 15 is 0 Å². The monoisotopic (exact) mass is 349 g/mol. The zero-order chi connectivity index (χ0) is 16.7. The van der Waals surface area contributed by atoms with Gasteiger partial charge in [0.15, 0.2) is 0 Å². The number of benzene rings is 1. The van der Waals surface area contributed by atoms with Crippen LogP contribution in [0.3, 0.4) is 0 Å². The van der Waals surface area contributed by atoms with Gasteiger partial charge in [-0.3, -0.25) is 10.0 Å². The second-order valence-electron chi connectivity index (χ2n) is 5.55. The molecule has 23 heavy (non-hydrogen) atoms. The fourth-order valence-electron chi connectivity index (χ4n) is 2.51. The normalized spacial score (nSPS) is 12.1. The molecule has 1 aromatic heterocycles. The van der Waals surface area contributed by atoms with Gasteiger partial charge in [-0.25, -0.2) is 5.48 Å². The summed E-state index contributed by atoms with van der Waals surface area (Å²) in [6.45, 7) is 2.13. The van der Waals surface area contributed by atoms with Crippen molar-refractivity contribution < 1.29 is 10.0 Å². The molecule has 2 N–H and O–H groups in total. The van der Waals surface area contributed by atoms with Gasteiger partial charge in [-0.1, -0.05) is 30.7 Å². The number of hydrogen-bond donors (Lipinski definition) is 2. The Morgan fingerprint density at radius 3 is 2.52 bits per heavy atom. The van der Waals surface area contributed by atoms with Crippen LogP contribution in [-0.2, 0) is 11.2 Å². The predicted molar refractivity (Wildman–Crippen MR) is 99.3 cm³/mol. The van der Waals surface area contributed by atoms with Gasteiger partial charge < -0.3 is 0 Å². The number of thioether (sulfide) groups is 1. The molecule has 0 saturated heterocycles. The van der Waals surface area contributed by atoms with Gasteiger partial charge in [-0.2, -0.15) is 11.8 Å². The minimum atomic E-state index is -0.298. The molecule has 0 spiro atoms. The smallest absolute Gasteiger partial charge is 0.256 e. The van der Waals surface area contributed by atoms with Crippen LogP contribution in [0.25, 0.3) is 10.4 Å². The molecule has 0 bridgehead atoms. The van der Waals surface area contributed by atoms with Gasteiger partial charge in [0, 0.05) is 9.75 Å². The Hall–Kier alpha value is -1.30. The van der Waals surface area contributed by atoms with E-state index in [-0.39, 0.29) is 11.2 Å². The van der Waals surface area contributed by atoms with Crippen molar-refractivity contribution in [2.75, 3.05) is 6.26 Å². The quantitative estimate of drug-likeness (QED) is 0.413. The van der Waals surface area contributed by atoms with Crippen molar-refractivity contribution in [2.45, 2.75) is 37.9 Å². The van der Waals surface area contributed by atoms with E-state index in [4.69, 9.17) is 5.21 Å². The third-order valence-electron chi connectivity index (χ3n) is 3.85. The second-order valence-corrected chi connectivity index (χ2v) is 7.88. The number of carbonyl (C=O) groups excluding carboxylic acids is 1. The molecule has 124 valence electrons. The molecule has 1 unspecified atom stereocenters. The van der Waals surface area contributed by atoms with Crippen LogP contribution in [0.2, 0.25) is 0 Å². The molecular formula is C18H23NO2S2. The number of unbranched alkanes of at least 4 members (excludes halogenated alkanes) is 1. The van der Waals surface area contributed by atoms with Crippen molar-refractivity contribution in [2.24, 2.45) is 0 Å². The highest BCUT2D eigenvalue weighted by Gasteiger charge is 2.15. The molecule has 0 saturated carbocycles. The maximum atomic E-state index is 11.4. The number of nitrogens with one attached hydrogen (secondary N) is 1. The molecule has 5 heteroatoms. The third-order valence-corrected chi connectivity index (χ3v) is 5.92. The number of aryl methyl sites for hydroxylation is 2. The minimum Gasteiger partial charge on any atom is -0.289 e. The van der Waals surface area contributed by atoms with E-state index in [1.165, 1.54) is 32.6 Å². The fourth-order valence-corrected chi connectivity index (χ4v) is 4.05. The van der Waals surface area contributed by atoms with E-state index in [0.29, 0.717) is 0 Å². The number of rotatable bonds is 8. The maximum Gasteiger partial charge on any atom is 0.256 e. The van der Waals surface area contributed by atoms with E-state index in [9.17, 15) is 4.79 Å².